The molecule has 2 aromatic rings. The van der Waals surface area contributed by atoms with Gasteiger partial charge in [0.1, 0.15) is 0 Å². The molecule has 1 atom stereocenters. The standard InChI is InChI=1S/C20H32N6/c1-15(21-12-18-13-23-25(4)17(18)3)19-14-22-20(24-16(19)2)26-10-8-6-5-7-9-11-26/h13-15,21H,5-12H2,1-4H3/t15-/m1/s1. The van der Waals surface area contributed by atoms with Crippen molar-refractivity contribution in [2.24, 2.45) is 7.05 Å². The lowest BCUT2D eigenvalue weighted by Crippen LogP contribution is -2.29. The summed E-state index contributed by atoms with van der Waals surface area (Å²) >= 11 is 0. The van der Waals surface area contributed by atoms with E-state index in [1.807, 2.05) is 24.1 Å². The van der Waals surface area contributed by atoms with Crippen molar-refractivity contribution in [1.29, 1.82) is 0 Å². The molecule has 0 amide bonds. The van der Waals surface area contributed by atoms with Gasteiger partial charge in [-0.05, 0) is 33.6 Å². The average molecular weight is 357 g/mol. The van der Waals surface area contributed by atoms with Gasteiger partial charge in [0.25, 0.3) is 0 Å². The maximum absolute atomic E-state index is 4.83. The molecule has 1 aliphatic rings. The van der Waals surface area contributed by atoms with Gasteiger partial charge >= 0.3 is 0 Å². The van der Waals surface area contributed by atoms with E-state index >= 15 is 0 Å². The topological polar surface area (TPSA) is 58.9 Å². The number of nitrogens with zero attached hydrogens (tertiary/aromatic N) is 5. The van der Waals surface area contributed by atoms with Crippen LogP contribution in [-0.2, 0) is 13.6 Å². The summed E-state index contributed by atoms with van der Waals surface area (Å²) in [4.78, 5) is 11.9. The van der Waals surface area contributed by atoms with Crippen LogP contribution in [0.4, 0.5) is 5.95 Å². The highest BCUT2D eigenvalue weighted by atomic mass is 15.3. The lowest BCUT2D eigenvalue weighted by atomic mass is 10.1. The van der Waals surface area contributed by atoms with Gasteiger partial charge in [-0.3, -0.25) is 4.68 Å². The zero-order chi connectivity index (χ0) is 18.5. The first kappa shape index (κ1) is 18.8. The average Bonchev–Trinajstić information content (AvgIpc) is 2.91. The number of rotatable bonds is 5. The predicted molar refractivity (Wildman–Crippen MR) is 105 cm³/mol. The van der Waals surface area contributed by atoms with Crippen LogP contribution in [0.1, 0.15) is 67.6 Å². The van der Waals surface area contributed by atoms with E-state index in [-0.39, 0.29) is 6.04 Å². The van der Waals surface area contributed by atoms with E-state index in [1.165, 1.54) is 48.9 Å². The summed E-state index contributed by atoms with van der Waals surface area (Å²) in [6.07, 6.45) is 10.4. The van der Waals surface area contributed by atoms with Gasteiger partial charge in [-0.1, -0.05) is 19.3 Å². The molecule has 0 aliphatic carbocycles. The first-order valence-electron chi connectivity index (χ1n) is 9.85. The van der Waals surface area contributed by atoms with Crippen molar-refractivity contribution in [3.05, 3.63) is 34.9 Å². The first-order chi connectivity index (χ1) is 12.6. The van der Waals surface area contributed by atoms with Gasteiger partial charge in [-0.15, -0.1) is 0 Å². The van der Waals surface area contributed by atoms with E-state index in [0.717, 1.165) is 31.3 Å². The Morgan fingerprint density at radius 2 is 1.77 bits per heavy atom. The minimum absolute atomic E-state index is 0.205. The molecule has 1 saturated heterocycles. The lowest BCUT2D eigenvalue weighted by molar-refractivity contribution is 0.546. The Balaban J connectivity index is 1.65. The quantitative estimate of drug-likeness (QED) is 0.889. The molecule has 0 bridgehead atoms. The minimum atomic E-state index is 0.205. The summed E-state index contributed by atoms with van der Waals surface area (Å²) in [6, 6.07) is 0.205. The third kappa shape index (κ3) is 4.41. The molecule has 6 nitrogen and oxygen atoms in total. The molecular formula is C20H32N6. The molecular weight excluding hydrogens is 324 g/mol. The third-order valence-electron chi connectivity index (χ3n) is 5.55. The molecule has 1 aliphatic heterocycles. The van der Waals surface area contributed by atoms with Crippen LogP contribution in [0.15, 0.2) is 12.4 Å². The van der Waals surface area contributed by atoms with E-state index in [4.69, 9.17) is 9.97 Å². The summed E-state index contributed by atoms with van der Waals surface area (Å²) in [6.45, 7) is 9.32. The summed E-state index contributed by atoms with van der Waals surface area (Å²) < 4.78 is 1.91. The van der Waals surface area contributed by atoms with Crippen LogP contribution in [0, 0.1) is 13.8 Å². The molecule has 0 radical (unpaired) electrons. The second-order valence-electron chi connectivity index (χ2n) is 7.45. The summed E-state index contributed by atoms with van der Waals surface area (Å²) in [5.74, 6) is 0.892. The zero-order valence-electron chi connectivity index (χ0n) is 16.6. The van der Waals surface area contributed by atoms with Crippen LogP contribution in [0.25, 0.3) is 0 Å². The van der Waals surface area contributed by atoms with Gasteiger partial charge in [0.05, 0.1) is 6.20 Å². The summed E-state index contributed by atoms with van der Waals surface area (Å²) in [5, 5.41) is 7.89. The van der Waals surface area contributed by atoms with Gasteiger partial charge in [-0.25, -0.2) is 9.97 Å². The minimum Gasteiger partial charge on any atom is -0.341 e. The fourth-order valence-corrected chi connectivity index (χ4v) is 3.58. The van der Waals surface area contributed by atoms with Crippen LogP contribution in [-0.4, -0.2) is 32.8 Å². The summed E-state index contributed by atoms with van der Waals surface area (Å²) in [5.41, 5.74) is 4.67. The number of aromatic nitrogens is 4. The second-order valence-corrected chi connectivity index (χ2v) is 7.45. The number of aryl methyl sites for hydroxylation is 2. The van der Waals surface area contributed by atoms with E-state index < -0.39 is 0 Å². The van der Waals surface area contributed by atoms with Crippen LogP contribution in [0.2, 0.25) is 0 Å². The normalized spacial score (nSPS) is 17.0. The Morgan fingerprint density at radius 1 is 1.08 bits per heavy atom. The Bertz CT molecular complexity index is 715. The molecule has 0 aromatic carbocycles. The van der Waals surface area contributed by atoms with Crippen molar-refractivity contribution in [3.8, 4) is 0 Å². The van der Waals surface area contributed by atoms with Crippen LogP contribution < -0.4 is 10.2 Å². The maximum atomic E-state index is 4.83. The number of hydrogen-bond donors (Lipinski definition) is 1. The molecule has 3 rings (SSSR count). The van der Waals surface area contributed by atoms with Crippen LogP contribution >= 0.6 is 0 Å². The van der Waals surface area contributed by atoms with Crippen molar-refractivity contribution in [3.63, 3.8) is 0 Å². The largest absolute Gasteiger partial charge is 0.341 e. The maximum Gasteiger partial charge on any atom is 0.225 e. The highest BCUT2D eigenvalue weighted by Gasteiger charge is 2.16. The van der Waals surface area contributed by atoms with Crippen LogP contribution in [0.5, 0.6) is 0 Å². The molecule has 0 saturated carbocycles. The molecule has 0 spiro atoms. The Morgan fingerprint density at radius 3 is 2.38 bits per heavy atom. The molecule has 3 heterocycles. The zero-order valence-corrected chi connectivity index (χ0v) is 16.6. The van der Waals surface area contributed by atoms with Crippen molar-refractivity contribution < 1.29 is 0 Å². The Labute approximate surface area is 157 Å². The van der Waals surface area contributed by atoms with Gasteiger partial charge in [0, 0.05) is 61.4 Å². The first-order valence-corrected chi connectivity index (χ1v) is 9.85. The van der Waals surface area contributed by atoms with Crippen molar-refractivity contribution in [2.45, 2.75) is 65.5 Å². The number of nitrogens with one attached hydrogen (secondary N) is 1. The fourth-order valence-electron chi connectivity index (χ4n) is 3.58. The number of anilines is 1. The van der Waals surface area contributed by atoms with E-state index in [9.17, 15) is 0 Å². The molecule has 6 heteroatoms. The molecule has 2 aromatic heterocycles. The summed E-state index contributed by atoms with van der Waals surface area (Å²) in [7, 11) is 1.98. The SMILES string of the molecule is Cc1nc(N2CCCCCCC2)ncc1[C@@H](C)NCc1cnn(C)c1C. The van der Waals surface area contributed by atoms with Gasteiger partial charge in [0.15, 0.2) is 0 Å². The van der Waals surface area contributed by atoms with Crippen molar-refractivity contribution in [1.82, 2.24) is 25.1 Å². The Hall–Kier alpha value is -1.95. The predicted octanol–water partition coefficient (Wildman–Crippen LogP) is 3.45. The lowest BCUT2D eigenvalue weighted by Gasteiger charge is -2.25. The molecule has 26 heavy (non-hydrogen) atoms. The second kappa shape index (κ2) is 8.62. The fraction of sp³-hybridized carbons (Fsp3) is 0.650. The van der Waals surface area contributed by atoms with Crippen molar-refractivity contribution in [2.75, 3.05) is 18.0 Å². The molecule has 1 fully saturated rings. The smallest absolute Gasteiger partial charge is 0.225 e. The highest BCUT2D eigenvalue weighted by molar-refractivity contribution is 5.34. The highest BCUT2D eigenvalue weighted by Crippen LogP contribution is 2.20. The van der Waals surface area contributed by atoms with Crippen molar-refractivity contribution >= 4 is 5.95 Å². The van der Waals surface area contributed by atoms with E-state index in [0.29, 0.717) is 0 Å². The molecule has 142 valence electrons. The monoisotopic (exact) mass is 356 g/mol. The molecule has 0 unspecified atom stereocenters. The van der Waals surface area contributed by atoms with Crippen LogP contribution in [0.3, 0.4) is 0 Å². The molecule has 1 N–H and O–H groups in total. The van der Waals surface area contributed by atoms with E-state index in [1.54, 1.807) is 0 Å². The van der Waals surface area contributed by atoms with Gasteiger partial charge < -0.3 is 10.2 Å². The van der Waals surface area contributed by atoms with E-state index in [2.05, 4.69) is 36.1 Å². The van der Waals surface area contributed by atoms with Gasteiger partial charge in [-0.2, -0.15) is 5.10 Å². The Kier molecular flexibility index (Phi) is 6.25. The third-order valence-corrected chi connectivity index (χ3v) is 5.55. The van der Waals surface area contributed by atoms with Gasteiger partial charge in [0.2, 0.25) is 5.95 Å². The number of hydrogen-bond acceptors (Lipinski definition) is 5.